The fraction of sp³-hybridized carbons (Fsp3) is 0.556. The number of aryl methyl sites for hydroxylation is 1. The Balaban J connectivity index is 1.85. The predicted octanol–water partition coefficient (Wildman–Crippen LogP) is 0.470. The van der Waals surface area contributed by atoms with Crippen LogP contribution in [0.15, 0.2) is 12.4 Å². The number of rotatable bonds is 3. The summed E-state index contributed by atoms with van der Waals surface area (Å²) in [5.74, 6) is 0.0607. The van der Waals surface area contributed by atoms with Gasteiger partial charge in [-0.2, -0.15) is 5.10 Å². The van der Waals surface area contributed by atoms with Crippen molar-refractivity contribution in [1.29, 1.82) is 0 Å². The topological polar surface area (TPSA) is 46.9 Å². The van der Waals surface area contributed by atoms with E-state index >= 15 is 0 Å². The molecule has 1 saturated carbocycles. The van der Waals surface area contributed by atoms with Gasteiger partial charge in [0.25, 0.3) is 0 Å². The molecule has 0 saturated heterocycles. The largest absolute Gasteiger partial charge is 0.352 e. The minimum absolute atomic E-state index is 0.0607. The van der Waals surface area contributed by atoms with Gasteiger partial charge in [-0.25, -0.2) is 0 Å². The van der Waals surface area contributed by atoms with Gasteiger partial charge in [-0.05, 0) is 25.3 Å². The molecule has 13 heavy (non-hydrogen) atoms. The van der Waals surface area contributed by atoms with Crippen LogP contribution in [0.1, 0.15) is 18.4 Å². The Bertz CT molecular complexity index is 314. The second kappa shape index (κ2) is 3.20. The van der Waals surface area contributed by atoms with Gasteiger partial charge >= 0.3 is 0 Å². The lowest BCUT2D eigenvalue weighted by Crippen LogP contribution is -2.29. The zero-order valence-electron chi connectivity index (χ0n) is 7.66. The standard InChI is InChI=1S/C9H13N3O/c1-7-4-10-12(5-7)6-9(13)11-8-2-3-8/h4-5,8H,2-3,6H2,1H3,(H,11,13). The van der Waals surface area contributed by atoms with Crippen LogP contribution in [-0.2, 0) is 11.3 Å². The number of nitrogens with one attached hydrogen (secondary N) is 1. The van der Waals surface area contributed by atoms with Gasteiger partial charge in [0.15, 0.2) is 0 Å². The second-order valence-corrected chi connectivity index (χ2v) is 3.56. The third-order valence-corrected chi connectivity index (χ3v) is 2.01. The Hall–Kier alpha value is -1.32. The Morgan fingerprint density at radius 3 is 3.08 bits per heavy atom. The van der Waals surface area contributed by atoms with Crippen LogP contribution >= 0.6 is 0 Å². The molecule has 4 heteroatoms. The van der Waals surface area contributed by atoms with E-state index < -0.39 is 0 Å². The summed E-state index contributed by atoms with van der Waals surface area (Å²) in [6, 6.07) is 0.434. The molecule has 2 rings (SSSR count). The van der Waals surface area contributed by atoms with Crippen LogP contribution in [0.5, 0.6) is 0 Å². The summed E-state index contributed by atoms with van der Waals surface area (Å²) < 4.78 is 1.66. The highest BCUT2D eigenvalue weighted by molar-refractivity contribution is 5.76. The molecule has 1 fully saturated rings. The van der Waals surface area contributed by atoms with E-state index in [0.29, 0.717) is 12.6 Å². The van der Waals surface area contributed by atoms with E-state index in [2.05, 4.69) is 10.4 Å². The van der Waals surface area contributed by atoms with Crippen molar-refractivity contribution >= 4 is 5.91 Å². The fourth-order valence-corrected chi connectivity index (χ4v) is 1.20. The molecule has 4 nitrogen and oxygen atoms in total. The Kier molecular flexibility index (Phi) is 2.04. The second-order valence-electron chi connectivity index (χ2n) is 3.56. The molecule has 0 spiro atoms. The summed E-state index contributed by atoms with van der Waals surface area (Å²) in [6.45, 7) is 2.30. The summed E-state index contributed by atoms with van der Waals surface area (Å²) in [6.07, 6.45) is 5.88. The third-order valence-electron chi connectivity index (χ3n) is 2.01. The zero-order valence-corrected chi connectivity index (χ0v) is 7.66. The SMILES string of the molecule is Cc1cnn(CC(=O)NC2CC2)c1. The van der Waals surface area contributed by atoms with Gasteiger partial charge in [0.1, 0.15) is 6.54 Å². The van der Waals surface area contributed by atoms with Crippen LogP contribution in [-0.4, -0.2) is 21.7 Å². The van der Waals surface area contributed by atoms with Gasteiger partial charge in [-0.3, -0.25) is 9.48 Å². The summed E-state index contributed by atoms with van der Waals surface area (Å²) in [7, 11) is 0. The fourth-order valence-electron chi connectivity index (χ4n) is 1.20. The first-order valence-corrected chi connectivity index (χ1v) is 4.52. The molecule has 0 radical (unpaired) electrons. The highest BCUT2D eigenvalue weighted by Gasteiger charge is 2.23. The van der Waals surface area contributed by atoms with Gasteiger partial charge in [-0.15, -0.1) is 0 Å². The Labute approximate surface area is 76.9 Å². The molecule has 1 aliphatic rings. The average Bonchev–Trinajstić information content (AvgIpc) is 2.76. The maximum Gasteiger partial charge on any atom is 0.241 e. The summed E-state index contributed by atoms with van der Waals surface area (Å²) in [5.41, 5.74) is 1.08. The van der Waals surface area contributed by atoms with Gasteiger partial charge in [0.2, 0.25) is 5.91 Å². The predicted molar refractivity (Wildman–Crippen MR) is 48.1 cm³/mol. The van der Waals surface area contributed by atoms with E-state index in [0.717, 1.165) is 18.4 Å². The number of hydrogen-bond acceptors (Lipinski definition) is 2. The lowest BCUT2D eigenvalue weighted by atomic mass is 10.4. The van der Waals surface area contributed by atoms with E-state index in [1.807, 2.05) is 13.1 Å². The molecule has 1 aromatic heterocycles. The number of carbonyl (C=O) groups excluding carboxylic acids is 1. The van der Waals surface area contributed by atoms with Crippen LogP contribution in [0.25, 0.3) is 0 Å². The van der Waals surface area contributed by atoms with Crippen LogP contribution in [0, 0.1) is 6.92 Å². The molecule has 70 valence electrons. The summed E-state index contributed by atoms with van der Waals surface area (Å²) >= 11 is 0. The van der Waals surface area contributed by atoms with E-state index in [1.54, 1.807) is 10.9 Å². The van der Waals surface area contributed by atoms with Gasteiger partial charge in [0.05, 0.1) is 6.20 Å². The van der Waals surface area contributed by atoms with E-state index in [4.69, 9.17) is 0 Å². The Morgan fingerprint density at radius 2 is 2.54 bits per heavy atom. The smallest absolute Gasteiger partial charge is 0.241 e. The third kappa shape index (κ3) is 2.31. The lowest BCUT2D eigenvalue weighted by Gasteiger charge is -2.02. The first-order valence-electron chi connectivity index (χ1n) is 4.52. The van der Waals surface area contributed by atoms with Gasteiger partial charge in [0, 0.05) is 12.2 Å². The van der Waals surface area contributed by atoms with Gasteiger partial charge in [-0.1, -0.05) is 0 Å². The van der Waals surface area contributed by atoms with Crippen molar-refractivity contribution < 1.29 is 4.79 Å². The number of aromatic nitrogens is 2. The van der Waals surface area contributed by atoms with E-state index in [-0.39, 0.29) is 5.91 Å². The minimum atomic E-state index is 0.0607. The monoisotopic (exact) mass is 179 g/mol. The maximum atomic E-state index is 11.3. The number of carbonyl (C=O) groups is 1. The molecule has 1 heterocycles. The van der Waals surface area contributed by atoms with Crippen molar-refractivity contribution in [2.45, 2.75) is 32.4 Å². The number of nitrogens with zero attached hydrogens (tertiary/aromatic N) is 2. The lowest BCUT2D eigenvalue weighted by molar-refractivity contribution is -0.122. The molecule has 0 bridgehead atoms. The quantitative estimate of drug-likeness (QED) is 0.733. The molecule has 0 aliphatic heterocycles. The highest BCUT2D eigenvalue weighted by Crippen LogP contribution is 2.18. The van der Waals surface area contributed by atoms with Crippen molar-refractivity contribution in [3.63, 3.8) is 0 Å². The average molecular weight is 179 g/mol. The normalized spacial score (nSPS) is 15.8. The molecular weight excluding hydrogens is 166 g/mol. The van der Waals surface area contributed by atoms with E-state index in [1.165, 1.54) is 0 Å². The highest BCUT2D eigenvalue weighted by atomic mass is 16.2. The first-order chi connectivity index (χ1) is 6.24. The first kappa shape index (κ1) is 8.29. The molecule has 1 aromatic rings. The van der Waals surface area contributed by atoms with Crippen LogP contribution in [0.4, 0.5) is 0 Å². The summed E-state index contributed by atoms with van der Waals surface area (Å²) in [4.78, 5) is 11.3. The number of amides is 1. The zero-order chi connectivity index (χ0) is 9.26. The molecule has 0 aromatic carbocycles. The summed E-state index contributed by atoms with van der Waals surface area (Å²) in [5, 5.41) is 6.95. The van der Waals surface area contributed by atoms with E-state index in [9.17, 15) is 4.79 Å². The van der Waals surface area contributed by atoms with Crippen molar-refractivity contribution in [2.75, 3.05) is 0 Å². The molecular formula is C9H13N3O. The Morgan fingerprint density at radius 1 is 1.77 bits per heavy atom. The maximum absolute atomic E-state index is 11.3. The van der Waals surface area contributed by atoms with Crippen molar-refractivity contribution in [1.82, 2.24) is 15.1 Å². The van der Waals surface area contributed by atoms with Crippen molar-refractivity contribution in [3.8, 4) is 0 Å². The van der Waals surface area contributed by atoms with Crippen molar-refractivity contribution in [3.05, 3.63) is 18.0 Å². The molecule has 1 aliphatic carbocycles. The molecule has 1 amide bonds. The molecule has 1 N–H and O–H groups in total. The number of hydrogen-bond donors (Lipinski definition) is 1. The van der Waals surface area contributed by atoms with Crippen LogP contribution < -0.4 is 5.32 Å². The molecule has 0 unspecified atom stereocenters. The molecule has 0 atom stereocenters. The van der Waals surface area contributed by atoms with Crippen LogP contribution in [0.3, 0.4) is 0 Å². The minimum Gasteiger partial charge on any atom is -0.352 e. The van der Waals surface area contributed by atoms with Crippen molar-refractivity contribution in [2.24, 2.45) is 0 Å². The van der Waals surface area contributed by atoms with Crippen LogP contribution in [0.2, 0.25) is 0 Å². The van der Waals surface area contributed by atoms with Gasteiger partial charge < -0.3 is 5.32 Å².